The number of nitrogens with zero attached hydrogens (tertiary/aromatic N) is 4. The highest BCUT2D eigenvalue weighted by atomic mass is 32.1. The van der Waals surface area contributed by atoms with Crippen molar-refractivity contribution in [3.63, 3.8) is 0 Å². The number of carbonyl (C=O) groups excluding carboxylic acids is 1. The number of benzene rings is 1. The maximum atomic E-state index is 14.7. The Hall–Kier alpha value is -3.26. The number of carbonyl (C=O) groups is 1. The summed E-state index contributed by atoms with van der Waals surface area (Å²) in [5.41, 5.74) is 8.78. The van der Waals surface area contributed by atoms with Gasteiger partial charge in [0, 0.05) is 22.8 Å². The topological polar surface area (TPSA) is 94.7 Å². The molecule has 1 aromatic carbocycles. The summed E-state index contributed by atoms with van der Waals surface area (Å²) in [7, 11) is 0. The Morgan fingerprint density at radius 3 is 2.64 bits per heavy atom. The van der Waals surface area contributed by atoms with Crippen LogP contribution in [0.15, 0.2) is 43.0 Å². The van der Waals surface area contributed by atoms with Crippen LogP contribution in [-0.2, 0) is 4.79 Å². The molecule has 0 aliphatic heterocycles. The number of aryl methyl sites for hydroxylation is 2. The van der Waals surface area contributed by atoms with E-state index in [2.05, 4.69) is 19.9 Å². The zero-order chi connectivity index (χ0) is 19.8. The lowest BCUT2D eigenvalue weighted by Crippen LogP contribution is -2.24. The van der Waals surface area contributed by atoms with Gasteiger partial charge in [0.05, 0.1) is 27.3 Å². The Morgan fingerprint density at radius 1 is 1.11 bits per heavy atom. The molecule has 0 saturated heterocycles. The third kappa shape index (κ3) is 3.11. The second-order valence-electron chi connectivity index (χ2n) is 6.40. The van der Waals surface area contributed by atoms with E-state index in [4.69, 9.17) is 5.73 Å². The zero-order valence-corrected chi connectivity index (χ0v) is 16.0. The Labute approximate surface area is 164 Å². The minimum atomic E-state index is -0.838. The van der Waals surface area contributed by atoms with Gasteiger partial charge in [-0.1, -0.05) is 6.07 Å². The summed E-state index contributed by atoms with van der Waals surface area (Å²) in [5.74, 6) is -1.86. The number of thiophene rings is 1. The minimum absolute atomic E-state index is 0.291. The summed E-state index contributed by atoms with van der Waals surface area (Å²) in [6, 6.07) is 6.40. The van der Waals surface area contributed by atoms with Gasteiger partial charge in [0.25, 0.3) is 0 Å². The molecule has 0 aliphatic rings. The molecule has 1 amide bonds. The first-order chi connectivity index (χ1) is 13.5. The van der Waals surface area contributed by atoms with Gasteiger partial charge in [0.2, 0.25) is 5.91 Å². The molecule has 6 nitrogen and oxygen atoms in total. The number of halogens is 1. The molecule has 3 aromatic heterocycles. The number of aromatic nitrogens is 4. The average Bonchev–Trinajstić information content (AvgIpc) is 3.05. The highest BCUT2D eigenvalue weighted by Crippen LogP contribution is 2.35. The Morgan fingerprint density at radius 2 is 1.89 bits per heavy atom. The maximum absolute atomic E-state index is 14.7. The van der Waals surface area contributed by atoms with E-state index >= 15 is 0 Å². The molecule has 4 rings (SSSR count). The molecule has 1 unspecified atom stereocenters. The number of primary amides is 1. The molecular formula is C20H16FN5OS. The van der Waals surface area contributed by atoms with E-state index in [1.807, 2.05) is 13.0 Å². The second kappa shape index (κ2) is 7.05. The number of fused-ring (bicyclic) bond motifs is 1. The predicted molar refractivity (Wildman–Crippen MR) is 105 cm³/mol. The lowest BCUT2D eigenvalue weighted by molar-refractivity contribution is -0.118. The Balaban J connectivity index is 1.91. The normalized spacial score (nSPS) is 12.2. The molecule has 0 bridgehead atoms. The number of nitrogens with two attached hydrogens (primary N) is 1. The van der Waals surface area contributed by atoms with Crippen LogP contribution in [0.3, 0.4) is 0 Å². The van der Waals surface area contributed by atoms with Crippen LogP contribution in [0.25, 0.3) is 21.5 Å². The van der Waals surface area contributed by atoms with Crippen molar-refractivity contribution in [1.82, 2.24) is 19.9 Å². The standard InChI is InChI=1S/C20H16FN5OS/c1-10-7-15-19(28-10)18(26-9-25-15)13-8-12(3-4-14(13)21)16(20(22)27)17-11(2)23-5-6-24-17/h3-9,16H,1-2H3,(H2,22,27). The Bertz CT molecular complexity index is 1210. The van der Waals surface area contributed by atoms with Crippen molar-refractivity contribution in [3.8, 4) is 11.3 Å². The lowest BCUT2D eigenvalue weighted by Gasteiger charge is -2.16. The SMILES string of the molecule is Cc1cc2ncnc(-c3cc(C(C(N)=O)c4nccnc4C)ccc3F)c2s1. The average molecular weight is 393 g/mol. The molecule has 8 heteroatoms. The van der Waals surface area contributed by atoms with Crippen molar-refractivity contribution < 1.29 is 9.18 Å². The molecular weight excluding hydrogens is 377 g/mol. The van der Waals surface area contributed by atoms with Gasteiger partial charge >= 0.3 is 0 Å². The minimum Gasteiger partial charge on any atom is -0.369 e. The molecule has 4 aromatic rings. The van der Waals surface area contributed by atoms with Crippen LogP contribution in [0, 0.1) is 19.7 Å². The van der Waals surface area contributed by atoms with E-state index in [1.165, 1.54) is 29.9 Å². The van der Waals surface area contributed by atoms with Crippen molar-refractivity contribution in [2.24, 2.45) is 5.73 Å². The quantitative estimate of drug-likeness (QED) is 0.572. The van der Waals surface area contributed by atoms with E-state index in [9.17, 15) is 9.18 Å². The number of hydrogen-bond donors (Lipinski definition) is 1. The van der Waals surface area contributed by atoms with E-state index < -0.39 is 17.6 Å². The zero-order valence-electron chi connectivity index (χ0n) is 15.2. The third-order valence-corrected chi connectivity index (χ3v) is 5.54. The lowest BCUT2D eigenvalue weighted by atomic mass is 9.91. The molecule has 0 aliphatic carbocycles. The summed E-state index contributed by atoms with van der Waals surface area (Å²) in [6.07, 6.45) is 4.46. The van der Waals surface area contributed by atoms with Gasteiger partial charge in [-0.3, -0.25) is 14.8 Å². The van der Waals surface area contributed by atoms with Crippen molar-refractivity contribution in [2.45, 2.75) is 19.8 Å². The molecule has 140 valence electrons. The molecule has 0 spiro atoms. The molecule has 28 heavy (non-hydrogen) atoms. The van der Waals surface area contributed by atoms with Crippen LogP contribution in [0.1, 0.15) is 27.7 Å². The fraction of sp³-hybridized carbons (Fsp3) is 0.150. The van der Waals surface area contributed by atoms with Gasteiger partial charge in [0.15, 0.2) is 0 Å². The van der Waals surface area contributed by atoms with E-state index in [0.29, 0.717) is 28.2 Å². The van der Waals surface area contributed by atoms with Gasteiger partial charge in [-0.05, 0) is 37.6 Å². The number of rotatable bonds is 4. The first kappa shape index (κ1) is 18.1. The van der Waals surface area contributed by atoms with E-state index in [1.54, 1.807) is 25.3 Å². The molecule has 1 atom stereocenters. The van der Waals surface area contributed by atoms with Crippen molar-refractivity contribution in [2.75, 3.05) is 0 Å². The largest absolute Gasteiger partial charge is 0.369 e. The number of hydrogen-bond acceptors (Lipinski definition) is 6. The third-order valence-electron chi connectivity index (χ3n) is 4.49. The van der Waals surface area contributed by atoms with Gasteiger partial charge in [0.1, 0.15) is 18.1 Å². The fourth-order valence-electron chi connectivity index (χ4n) is 3.23. The highest BCUT2D eigenvalue weighted by molar-refractivity contribution is 7.19. The van der Waals surface area contributed by atoms with Gasteiger partial charge in [-0.2, -0.15) is 0 Å². The first-order valence-corrected chi connectivity index (χ1v) is 9.35. The summed E-state index contributed by atoms with van der Waals surface area (Å²) < 4.78 is 15.5. The van der Waals surface area contributed by atoms with Gasteiger partial charge in [-0.15, -0.1) is 11.3 Å². The monoisotopic (exact) mass is 393 g/mol. The van der Waals surface area contributed by atoms with Crippen LogP contribution in [0.2, 0.25) is 0 Å². The van der Waals surface area contributed by atoms with E-state index in [-0.39, 0.29) is 0 Å². The fourth-order valence-corrected chi connectivity index (χ4v) is 4.20. The molecule has 0 radical (unpaired) electrons. The predicted octanol–water partition coefficient (Wildman–Crippen LogP) is 3.52. The molecule has 0 saturated carbocycles. The highest BCUT2D eigenvalue weighted by Gasteiger charge is 2.25. The summed E-state index contributed by atoms with van der Waals surface area (Å²) in [6.45, 7) is 3.72. The summed E-state index contributed by atoms with van der Waals surface area (Å²) in [5, 5.41) is 0. The van der Waals surface area contributed by atoms with Crippen molar-refractivity contribution in [3.05, 3.63) is 70.6 Å². The summed E-state index contributed by atoms with van der Waals surface area (Å²) in [4.78, 5) is 30.3. The van der Waals surface area contributed by atoms with Crippen molar-refractivity contribution in [1.29, 1.82) is 0 Å². The maximum Gasteiger partial charge on any atom is 0.231 e. The molecule has 3 heterocycles. The van der Waals surface area contributed by atoms with Crippen molar-refractivity contribution >= 4 is 27.5 Å². The van der Waals surface area contributed by atoms with Crippen LogP contribution < -0.4 is 5.73 Å². The first-order valence-electron chi connectivity index (χ1n) is 8.53. The molecule has 2 N–H and O–H groups in total. The van der Waals surface area contributed by atoms with Gasteiger partial charge < -0.3 is 5.73 Å². The second-order valence-corrected chi connectivity index (χ2v) is 7.65. The van der Waals surface area contributed by atoms with E-state index in [0.717, 1.165) is 15.1 Å². The Kier molecular flexibility index (Phi) is 4.56. The molecule has 0 fully saturated rings. The van der Waals surface area contributed by atoms with Crippen LogP contribution in [-0.4, -0.2) is 25.8 Å². The number of amides is 1. The smallest absolute Gasteiger partial charge is 0.231 e. The van der Waals surface area contributed by atoms with Crippen LogP contribution in [0.5, 0.6) is 0 Å². The summed E-state index contributed by atoms with van der Waals surface area (Å²) >= 11 is 1.50. The van der Waals surface area contributed by atoms with Gasteiger partial charge in [-0.25, -0.2) is 14.4 Å². The van der Waals surface area contributed by atoms with Crippen LogP contribution >= 0.6 is 11.3 Å². The van der Waals surface area contributed by atoms with Crippen LogP contribution in [0.4, 0.5) is 4.39 Å².